The summed E-state index contributed by atoms with van der Waals surface area (Å²) < 4.78 is 48.8. The van der Waals surface area contributed by atoms with Gasteiger partial charge < -0.3 is 4.74 Å². The van der Waals surface area contributed by atoms with Gasteiger partial charge in [-0.1, -0.05) is 5.21 Å². The van der Waals surface area contributed by atoms with Crippen LogP contribution in [0.25, 0.3) is 22.3 Å². The summed E-state index contributed by atoms with van der Waals surface area (Å²) in [5, 5.41) is 26.4. The Bertz CT molecular complexity index is 1330. The maximum atomic E-state index is 13.7. The van der Waals surface area contributed by atoms with Gasteiger partial charge in [-0.25, -0.2) is 9.67 Å². The van der Waals surface area contributed by atoms with Crippen molar-refractivity contribution < 1.29 is 27.8 Å². The molecular formula is C20H14F3N6O2+. The Hall–Kier alpha value is -4.20. The smallest absolute Gasteiger partial charge is 0.419 e. The van der Waals surface area contributed by atoms with E-state index in [1.54, 1.807) is 13.1 Å². The number of hydrogen-bond donors (Lipinski definition) is 1. The van der Waals surface area contributed by atoms with Crippen molar-refractivity contribution in [2.24, 2.45) is 7.05 Å². The SMILES string of the molecule is Cn1nnc2c(C#N)nc(-c3ccc(OCc4ccc[n+](O)c4)c(C(F)(F)F)c3)cc21. The molecule has 156 valence electrons. The molecule has 0 aliphatic rings. The van der Waals surface area contributed by atoms with Gasteiger partial charge in [0.15, 0.2) is 5.69 Å². The van der Waals surface area contributed by atoms with E-state index < -0.39 is 11.7 Å². The molecule has 0 amide bonds. The highest BCUT2D eigenvalue weighted by Crippen LogP contribution is 2.39. The Balaban J connectivity index is 1.75. The summed E-state index contributed by atoms with van der Waals surface area (Å²) in [5.41, 5.74) is 0.544. The fourth-order valence-electron chi connectivity index (χ4n) is 3.05. The normalized spacial score (nSPS) is 11.5. The molecule has 0 saturated carbocycles. The molecular weight excluding hydrogens is 413 g/mol. The predicted molar refractivity (Wildman–Crippen MR) is 99.6 cm³/mol. The van der Waals surface area contributed by atoms with Gasteiger partial charge in [0.2, 0.25) is 12.4 Å². The molecule has 0 spiro atoms. The van der Waals surface area contributed by atoms with Crippen LogP contribution in [-0.2, 0) is 19.8 Å². The summed E-state index contributed by atoms with van der Waals surface area (Å²) >= 11 is 0. The van der Waals surface area contributed by atoms with Crippen LogP contribution in [0.4, 0.5) is 13.2 Å². The van der Waals surface area contributed by atoms with E-state index in [0.717, 1.165) is 10.8 Å². The molecule has 0 bridgehead atoms. The van der Waals surface area contributed by atoms with Crippen LogP contribution < -0.4 is 9.47 Å². The van der Waals surface area contributed by atoms with Crippen molar-refractivity contribution in [2.45, 2.75) is 12.8 Å². The second-order valence-electron chi connectivity index (χ2n) is 6.64. The maximum Gasteiger partial charge on any atom is 0.419 e. The van der Waals surface area contributed by atoms with E-state index in [0.29, 0.717) is 11.1 Å². The lowest BCUT2D eigenvalue weighted by Crippen LogP contribution is -2.29. The van der Waals surface area contributed by atoms with Gasteiger partial charge in [0.25, 0.3) is 0 Å². The van der Waals surface area contributed by atoms with Crippen molar-refractivity contribution >= 4 is 11.0 Å². The lowest BCUT2D eigenvalue weighted by Gasteiger charge is -2.15. The number of ether oxygens (including phenoxy) is 1. The van der Waals surface area contributed by atoms with E-state index >= 15 is 0 Å². The molecule has 0 aliphatic heterocycles. The minimum atomic E-state index is -4.69. The van der Waals surface area contributed by atoms with Crippen LogP contribution in [0.1, 0.15) is 16.8 Å². The van der Waals surface area contributed by atoms with Crippen molar-refractivity contribution in [3.63, 3.8) is 0 Å². The van der Waals surface area contributed by atoms with E-state index in [-0.39, 0.29) is 34.8 Å². The van der Waals surface area contributed by atoms with E-state index in [1.165, 1.54) is 41.3 Å². The van der Waals surface area contributed by atoms with E-state index in [2.05, 4.69) is 15.3 Å². The van der Waals surface area contributed by atoms with E-state index in [4.69, 9.17) is 4.74 Å². The molecule has 4 rings (SSSR count). The van der Waals surface area contributed by atoms with E-state index in [9.17, 15) is 23.6 Å². The van der Waals surface area contributed by atoms with E-state index in [1.807, 2.05) is 6.07 Å². The average Bonchev–Trinajstić information content (AvgIpc) is 3.12. The Morgan fingerprint density at radius 2 is 2.06 bits per heavy atom. The van der Waals surface area contributed by atoms with Crippen LogP contribution >= 0.6 is 0 Å². The molecule has 31 heavy (non-hydrogen) atoms. The number of rotatable bonds is 4. The number of fused-ring (bicyclic) bond motifs is 1. The highest BCUT2D eigenvalue weighted by molar-refractivity contribution is 5.83. The van der Waals surface area contributed by atoms with Gasteiger partial charge in [0, 0.05) is 23.4 Å². The monoisotopic (exact) mass is 427 g/mol. The molecule has 0 aliphatic carbocycles. The van der Waals surface area contributed by atoms with Crippen LogP contribution in [-0.4, -0.2) is 25.2 Å². The Morgan fingerprint density at radius 1 is 1.26 bits per heavy atom. The largest absolute Gasteiger partial charge is 0.488 e. The van der Waals surface area contributed by atoms with Crippen molar-refractivity contribution in [3.8, 4) is 23.1 Å². The number of aryl methyl sites for hydroxylation is 1. The van der Waals surface area contributed by atoms with Crippen LogP contribution in [0.3, 0.4) is 0 Å². The zero-order chi connectivity index (χ0) is 22.2. The molecule has 0 radical (unpaired) electrons. The molecule has 0 atom stereocenters. The number of pyridine rings is 2. The standard InChI is InChI=1S/C20H14F3N6O2/c1-28-17-8-15(25-16(9-24)19(17)26-27-28)13-4-5-18(14(7-13)20(21,22)23)31-11-12-3-2-6-29(30)10-12/h2-8,10,30H,11H2,1H3/q+1. The Labute approximate surface area is 173 Å². The summed E-state index contributed by atoms with van der Waals surface area (Å²) in [6, 6.07) is 10.1. The average molecular weight is 427 g/mol. The van der Waals surface area contributed by atoms with Gasteiger partial charge in [-0.3, -0.25) is 5.21 Å². The van der Waals surface area contributed by atoms with Gasteiger partial charge in [0.1, 0.15) is 23.9 Å². The minimum Gasteiger partial charge on any atom is -0.488 e. The number of aromatic nitrogens is 5. The van der Waals surface area contributed by atoms with Crippen molar-refractivity contribution in [1.29, 1.82) is 5.26 Å². The molecule has 11 heteroatoms. The van der Waals surface area contributed by atoms with Crippen LogP contribution in [0.5, 0.6) is 5.75 Å². The predicted octanol–water partition coefficient (Wildman–Crippen LogP) is 3.02. The van der Waals surface area contributed by atoms with Crippen molar-refractivity contribution in [2.75, 3.05) is 0 Å². The second kappa shape index (κ2) is 7.56. The van der Waals surface area contributed by atoms with Gasteiger partial charge in [-0.15, -0.1) is 5.10 Å². The highest BCUT2D eigenvalue weighted by Gasteiger charge is 2.35. The summed E-state index contributed by atoms with van der Waals surface area (Å²) in [5.74, 6) is -0.367. The third-order valence-electron chi connectivity index (χ3n) is 4.53. The fourth-order valence-corrected chi connectivity index (χ4v) is 3.05. The molecule has 0 saturated heterocycles. The van der Waals surface area contributed by atoms with Gasteiger partial charge >= 0.3 is 6.18 Å². The van der Waals surface area contributed by atoms with Crippen molar-refractivity contribution in [1.82, 2.24) is 20.0 Å². The van der Waals surface area contributed by atoms with Gasteiger partial charge in [-0.2, -0.15) is 18.4 Å². The Morgan fingerprint density at radius 3 is 2.77 bits per heavy atom. The zero-order valence-corrected chi connectivity index (χ0v) is 16.0. The summed E-state index contributed by atoms with van der Waals surface area (Å²) in [6.45, 7) is -0.173. The third kappa shape index (κ3) is 3.95. The molecule has 8 nitrogen and oxygen atoms in total. The Kier molecular flexibility index (Phi) is 4.90. The molecule has 1 aromatic carbocycles. The summed E-state index contributed by atoms with van der Waals surface area (Å²) in [4.78, 5) is 4.14. The number of benzene rings is 1. The molecule has 4 aromatic rings. The van der Waals surface area contributed by atoms with Crippen molar-refractivity contribution in [3.05, 3.63) is 65.6 Å². The molecule has 0 fully saturated rings. The molecule has 3 heterocycles. The minimum absolute atomic E-state index is 0.0316. The molecule has 1 N–H and O–H groups in total. The van der Waals surface area contributed by atoms with Gasteiger partial charge in [-0.05, 0) is 30.3 Å². The number of halogens is 3. The summed E-state index contributed by atoms with van der Waals surface area (Å²) in [6.07, 6.45) is -1.99. The first-order valence-corrected chi connectivity index (χ1v) is 8.90. The topological polar surface area (TPSA) is 101 Å². The van der Waals surface area contributed by atoms with Crippen LogP contribution in [0.15, 0.2) is 48.8 Å². The first-order chi connectivity index (χ1) is 14.8. The summed E-state index contributed by atoms with van der Waals surface area (Å²) in [7, 11) is 1.61. The maximum absolute atomic E-state index is 13.7. The third-order valence-corrected chi connectivity index (χ3v) is 4.53. The number of alkyl halides is 3. The molecule has 3 aromatic heterocycles. The quantitative estimate of drug-likeness (QED) is 0.397. The number of hydrogen-bond acceptors (Lipinski definition) is 6. The van der Waals surface area contributed by atoms with Gasteiger partial charge in [0.05, 0.1) is 22.3 Å². The fraction of sp³-hybridized carbons (Fsp3) is 0.150. The number of nitriles is 1. The second-order valence-corrected chi connectivity index (χ2v) is 6.64. The highest BCUT2D eigenvalue weighted by atomic mass is 19.4. The lowest BCUT2D eigenvalue weighted by atomic mass is 10.1. The lowest BCUT2D eigenvalue weighted by molar-refractivity contribution is -0.905. The molecule has 0 unspecified atom stereocenters. The first kappa shape index (κ1) is 20.1. The number of nitrogens with zero attached hydrogens (tertiary/aromatic N) is 6. The van der Waals surface area contributed by atoms with Crippen LogP contribution in [0.2, 0.25) is 0 Å². The van der Waals surface area contributed by atoms with Crippen LogP contribution in [0, 0.1) is 11.3 Å². The first-order valence-electron chi connectivity index (χ1n) is 8.90. The zero-order valence-electron chi connectivity index (χ0n) is 16.0.